The van der Waals surface area contributed by atoms with E-state index in [0.717, 1.165) is 89.9 Å². The number of phosphoric acid groups is 2. The van der Waals surface area contributed by atoms with Gasteiger partial charge in [0.1, 0.15) is 19.3 Å². The molecule has 102 heavy (non-hydrogen) atoms. The van der Waals surface area contributed by atoms with Crippen LogP contribution in [0.5, 0.6) is 0 Å². The van der Waals surface area contributed by atoms with E-state index in [2.05, 4.69) is 27.7 Å². The summed E-state index contributed by atoms with van der Waals surface area (Å²) in [5, 5.41) is 10.6. The van der Waals surface area contributed by atoms with Crippen molar-refractivity contribution in [2.75, 3.05) is 39.6 Å². The maximum Gasteiger partial charge on any atom is 0.472 e. The van der Waals surface area contributed by atoms with Crippen molar-refractivity contribution in [1.82, 2.24) is 0 Å². The molecular weight excluding hydrogens is 1330 g/mol. The molecule has 0 aromatic rings. The van der Waals surface area contributed by atoms with Crippen molar-refractivity contribution in [3.8, 4) is 0 Å². The Kier molecular flexibility index (Phi) is 75.8. The van der Waals surface area contributed by atoms with Crippen molar-refractivity contribution in [2.45, 2.75) is 470 Å². The molecule has 19 heteroatoms. The minimum atomic E-state index is -4.96. The fourth-order valence-electron chi connectivity index (χ4n) is 13.0. The average molecular weight is 1490 g/mol. The van der Waals surface area contributed by atoms with Crippen LogP contribution in [0.3, 0.4) is 0 Å². The Balaban J connectivity index is 5.15. The van der Waals surface area contributed by atoms with Gasteiger partial charge in [-0.15, -0.1) is 0 Å². The summed E-state index contributed by atoms with van der Waals surface area (Å²) in [7, 11) is -9.91. The average Bonchev–Trinajstić information content (AvgIpc) is 0.937. The van der Waals surface area contributed by atoms with Gasteiger partial charge in [0.25, 0.3) is 0 Å². The third-order valence-corrected chi connectivity index (χ3v) is 21.5. The van der Waals surface area contributed by atoms with Gasteiger partial charge >= 0.3 is 39.5 Å². The number of unbranched alkanes of at least 4 members (excludes halogenated alkanes) is 58. The summed E-state index contributed by atoms with van der Waals surface area (Å²) in [6.07, 6.45) is 71.1. The molecule has 0 radical (unpaired) electrons. The number of aliphatic hydroxyl groups is 1. The number of carbonyl (C=O) groups excluding carboxylic acids is 4. The first-order valence-corrected chi connectivity index (χ1v) is 46.3. The zero-order valence-electron chi connectivity index (χ0n) is 66.6. The molecule has 0 spiro atoms. The summed E-state index contributed by atoms with van der Waals surface area (Å²) < 4.78 is 68.6. The number of phosphoric ester groups is 2. The lowest BCUT2D eigenvalue weighted by Crippen LogP contribution is -2.30. The highest BCUT2D eigenvalue weighted by atomic mass is 31.2. The number of hydrogen-bond donors (Lipinski definition) is 3. The van der Waals surface area contributed by atoms with E-state index in [1.165, 1.54) is 283 Å². The molecule has 0 fully saturated rings. The van der Waals surface area contributed by atoms with Crippen molar-refractivity contribution < 1.29 is 80.2 Å². The molecule has 5 atom stereocenters. The molecule has 606 valence electrons. The lowest BCUT2D eigenvalue weighted by atomic mass is 10.0. The van der Waals surface area contributed by atoms with Crippen molar-refractivity contribution in [3.05, 3.63) is 0 Å². The maximum absolute atomic E-state index is 13.1. The monoisotopic (exact) mass is 1490 g/mol. The Bertz CT molecular complexity index is 1930. The predicted octanol–water partition coefficient (Wildman–Crippen LogP) is 25.4. The van der Waals surface area contributed by atoms with Crippen LogP contribution in [0.2, 0.25) is 0 Å². The lowest BCUT2D eigenvalue weighted by molar-refractivity contribution is -0.161. The summed E-state index contributed by atoms with van der Waals surface area (Å²) in [5.74, 6) is -2.11. The van der Waals surface area contributed by atoms with Crippen molar-refractivity contribution in [1.29, 1.82) is 0 Å². The van der Waals surface area contributed by atoms with E-state index < -0.39 is 97.5 Å². The van der Waals surface area contributed by atoms with Gasteiger partial charge in [-0.1, -0.05) is 400 Å². The molecule has 0 aliphatic carbocycles. The van der Waals surface area contributed by atoms with Gasteiger partial charge in [-0.2, -0.15) is 0 Å². The summed E-state index contributed by atoms with van der Waals surface area (Å²) in [5.41, 5.74) is 0. The molecule has 0 saturated carbocycles. The number of ether oxygens (including phenoxy) is 4. The molecule has 0 heterocycles. The Hall–Kier alpha value is -1.94. The maximum atomic E-state index is 13.1. The summed E-state index contributed by atoms with van der Waals surface area (Å²) in [4.78, 5) is 72.9. The summed E-state index contributed by atoms with van der Waals surface area (Å²) in [6, 6.07) is 0. The van der Waals surface area contributed by atoms with Gasteiger partial charge in [-0.05, 0) is 25.7 Å². The Morgan fingerprint density at radius 3 is 0.578 bits per heavy atom. The highest BCUT2D eigenvalue weighted by molar-refractivity contribution is 7.47. The highest BCUT2D eigenvalue weighted by Crippen LogP contribution is 2.45. The normalized spacial score (nSPS) is 13.8. The molecule has 0 bridgehead atoms. The van der Waals surface area contributed by atoms with Crippen LogP contribution < -0.4 is 0 Å². The third kappa shape index (κ3) is 76.3. The van der Waals surface area contributed by atoms with E-state index in [1.54, 1.807) is 0 Å². The van der Waals surface area contributed by atoms with E-state index in [0.29, 0.717) is 25.7 Å². The molecular formula is C83H162O17P2. The number of rotatable bonds is 84. The van der Waals surface area contributed by atoms with Crippen molar-refractivity contribution in [2.24, 2.45) is 0 Å². The second kappa shape index (κ2) is 77.2. The van der Waals surface area contributed by atoms with Crippen LogP contribution in [0.4, 0.5) is 0 Å². The van der Waals surface area contributed by atoms with Crippen LogP contribution in [0, 0.1) is 0 Å². The number of aliphatic hydroxyl groups excluding tert-OH is 1. The van der Waals surface area contributed by atoms with E-state index in [1.807, 2.05) is 0 Å². The standard InChI is InChI=1S/C83H162O17P2/c1-5-9-13-17-21-25-28-30-32-34-36-38-40-42-44-46-48-50-54-58-62-66-70-83(88)100-79(74-94-81(86)68-64-60-56-53-49-47-45-43-41-39-37-35-33-31-29-26-22-18-14-10-6-2)76-98-102(91,92)96-72-77(84)71-95-101(89,90)97-75-78(73-93-80(85)67-63-59-55-51-24-20-16-12-8-4)99-82(87)69-65-61-57-52-27-23-19-15-11-7-3/h77-79,84H,5-76H2,1-4H3,(H,89,90)(H,91,92)/t77-,78+,79+/m0/s1. The molecule has 0 aliphatic rings. The molecule has 0 amide bonds. The molecule has 0 aromatic heterocycles. The number of carbonyl (C=O) groups is 4. The first kappa shape index (κ1) is 100. The molecule has 0 aromatic carbocycles. The number of esters is 4. The van der Waals surface area contributed by atoms with Gasteiger partial charge in [-0.25, -0.2) is 9.13 Å². The lowest BCUT2D eigenvalue weighted by Gasteiger charge is -2.21. The Labute approximate surface area is 626 Å². The SMILES string of the molecule is CCCCCCCCCCCCCCCCCCCCCCCCC(=O)O[C@H](COC(=O)CCCCCCCCCCCCCCCCCCCCCCC)COP(=O)(O)OC[C@@H](O)COP(=O)(O)OC[C@@H](COC(=O)CCCCCCCCCCC)OC(=O)CCCCCCCCCCCC. The zero-order chi connectivity index (χ0) is 74.6. The predicted molar refractivity (Wildman–Crippen MR) is 419 cm³/mol. The molecule has 3 N–H and O–H groups in total. The first-order chi connectivity index (χ1) is 49.7. The zero-order valence-corrected chi connectivity index (χ0v) is 68.4. The minimum absolute atomic E-state index is 0.107. The fourth-order valence-corrected chi connectivity index (χ4v) is 14.6. The van der Waals surface area contributed by atoms with Crippen LogP contribution in [0.1, 0.15) is 451 Å². The van der Waals surface area contributed by atoms with E-state index >= 15 is 0 Å². The summed E-state index contributed by atoms with van der Waals surface area (Å²) >= 11 is 0. The first-order valence-electron chi connectivity index (χ1n) is 43.3. The van der Waals surface area contributed by atoms with E-state index in [9.17, 15) is 43.2 Å². The van der Waals surface area contributed by atoms with Crippen LogP contribution in [0.25, 0.3) is 0 Å². The minimum Gasteiger partial charge on any atom is -0.462 e. The van der Waals surface area contributed by atoms with Crippen LogP contribution in [-0.4, -0.2) is 96.7 Å². The van der Waals surface area contributed by atoms with E-state index in [4.69, 9.17) is 37.0 Å². The molecule has 0 aliphatic heterocycles. The molecule has 0 saturated heterocycles. The van der Waals surface area contributed by atoms with E-state index in [-0.39, 0.29) is 25.7 Å². The second-order valence-electron chi connectivity index (χ2n) is 29.9. The summed E-state index contributed by atoms with van der Waals surface area (Å²) in [6.45, 7) is 5.00. The van der Waals surface area contributed by atoms with Crippen LogP contribution in [-0.2, 0) is 65.4 Å². The molecule has 0 rings (SSSR count). The van der Waals surface area contributed by atoms with Crippen molar-refractivity contribution >= 4 is 39.5 Å². The molecule has 17 nitrogen and oxygen atoms in total. The van der Waals surface area contributed by atoms with Gasteiger partial charge < -0.3 is 33.8 Å². The van der Waals surface area contributed by atoms with Crippen molar-refractivity contribution in [3.63, 3.8) is 0 Å². The van der Waals surface area contributed by atoms with Crippen LogP contribution in [0.15, 0.2) is 0 Å². The molecule has 2 unspecified atom stereocenters. The van der Waals surface area contributed by atoms with Gasteiger partial charge in [0.05, 0.1) is 26.4 Å². The van der Waals surface area contributed by atoms with Gasteiger partial charge in [0.15, 0.2) is 12.2 Å². The largest absolute Gasteiger partial charge is 0.472 e. The highest BCUT2D eigenvalue weighted by Gasteiger charge is 2.30. The van der Waals surface area contributed by atoms with Gasteiger partial charge in [0, 0.05) is 25.7 Å². The quantitative estimate of drug-likeness (QED) is 0.0222. The van der Waals surface area contributed by atoms with Gasteiger partial charge in [-0.3, -0.25) is 37.3 Å². The number of hydrogen-bond acceptors (Lipinski definition) is 15. The fraction of sp³-hybridized carbons (Fsp3) is 0.952. The second-order valence-corrected chi connectivity index (χ2v) is 32.8. The smallest absolute Gasteiger partial charge is 0.462 e. The Morgan fingerprint density at radius 2 is 0.392 bits per heavy atom. The third-order valence-electron chi connectivity index (χ3n) is 19.6. The topological polar surface area (TPSA) is 237 Å². The van der Waals surface area contributed by atoms with Crippen LogP contribution >= 0.6 is 15.6 Å². The van der Waals surface area contributed by atoms with Gasteiger partial charge in [0.2, 0.25) is 0 Å². The Morgan fingerprint density at radius 1 is 0.235 bits per heavy atom.